The Balaban J connectivity index is 1.69. The third kappa shape index (κ3) is 3.28. The Bertz CT molecular complexity index is 1070. The van der Waals surface area contributed by atoms with Gasteiger partial charge in [-0.15, -0.1) is 0 Å². The molecular weight excluding hydrogens is 356 g/mol. The van der Waals surface area contributed by atoms with Crippen LogP contribution in [0.2, 0.25) is 0 Å². The molecule has 1 aliphatic rings. The number of likely N-dealkylation sites (tertiary alicyclic amines) is 1. The third-order valence-electron chi connectivity index (χ3n) is 5.20. The van der Waals surface area contributed by atoms with Crippen molar-refractivity contribution in [1.29, 1.82) is 5.26 Å². The van der Waals surface area contributed by atoms with Crippen molar-refractivity contribution in [3.8, 4) is 6.07 Å². The van der Waals surface area contributed by atoms with E-state index in [0.29, 0.717) is 22.9 Å². The number of nitriles is 1. The topological polar surface area (TPSA) is 61.4 Å². The fraction of sp³-hybridized carbons (Fsp3) is 0.381. The number of nitrogens with zero attached hydrogens (tertiary/aromatic N) is 4. The Morgan fingerprint density at radius 3 is 3.00 bits per heavy atom. The fourth-order valence-corrected chi connectivity index (χ4v) is 4.83. The van der Waals surface area contributed by atoms with Gasteiger partial charge in [-0.1, -0.05) is 30.8 Å². The first-order valence-corrected chi connectivity index (χ1v) is 10.3. The van der Waals surface area contributed by atoms with E-state index < -0.39 is 0 Å². The maximum absolute atomic E-state index is 12.7. The summed E-state index contributed by atoms with van der Waals surface area (Å²) < 4.78 is 2.01. The zero-order valence-electron chi connectivity index (χ0n) is 15.6. The molecule has 0 N–H and O–H groups in total. The van der Waals surface area contributed by atoms with Crippen LogP contribution in [0.25, 0.3) is 16.7 Å². The smallest absolute Gasteiger partial charge is 0.232 e. The number of piperidine rings is 1. The van der Waals surface area contributed by atoms with Gasteiger partial charge in [0.1, 0.15) is 6.07 Å². The quantitative estimate of drug-likeness (QED) is 0.646. The van der Waals surface area contributed by atoms with Crippen LogP contribution in [0.4, 0.5) is 0 Å². The number of carbonyl (C=O) groups excluding carboxylic acids is 1. The molecule has 0 spiro atoms. The van der Waals surface area contributed by atoms with Gasteiger partial charge in [0.2, 0.25) is 5.91 Å². The number of pyridine rings is 1. The average molecular weight is 379 g/mol. The van der Waals surface area contributed by atoms with Crippen LogP contribution in [0.15, 0.2) is 35.4 Å². The van der Waals surface area contributed by atoms with Crippen molar-refractivity contribution >= 4 is 34.3 Å². The lowest BCUT2D eigenvalue weighted by molar-refractivity contribution is -0.130. The molecule has 1 atom stereocenters. The van der Waals surface area contributed by atoms with Crippen LogP contribution in [0.3, 0.4) is 0 Å². The first-order chi connectivity index (χ1) is 13.1. The number of thioether (sulfide) groups is 1. The number of rotatable bonds is 3. The summed E-state index contributed by atoms with van der Waals surface area (Å²) >= 11 is 1.53. The lowest BCUT2D eigenvalue weighted by Gasteiger charge is -2.30. The molecule has 3 aromatic rings. The monoisotopic (exact) mass is 378 g/mol. The minimum absolute atomic E-state index is 0.186. The minimum Gasteiger partial charge on any atom is -0.342 e. The number of benzene rings is 1. The molecule has 2 aromatic heterocycles. The maximum Gasteiger partial charge on any atom is 0.232 e. The van der Waals surface area contributed by atoms with Crippen LogP contribution in [0.1, 0.15) is 30.9 Å². The van der Waals surface area contributed by atoms with Gasteiger partial charge in [-0.25, -0.2) is 4.98 Å². The van der Waals surface area contributed by atoms with Gasteiger partial charge < -0.3 is 4.90 Å². The van der Waals surface area contributed by atoms with E-state index in [0.717, 1.165) is 41.1 Å². The number of para-hydroxylation sites is 2. The van der Waals surface area contributed by atoms with Crippen molar-refractivity contribution < 1.29 is 4.79 Å². The zero-order chi connectivity index (χ0) is 19.0. The Morgan fingerprint density at radius 2 is 2.22 bits per heavy atom. The molecule has 0 radical (unpaired) electrons. The van der Waals surface area contributed by atoms with E-state index in [4.69, 9.17) is 0 Å². The standard InChI is InChI=1S/C21H22N4OS/c1-14-6-5-9-24(12-14)19(26)13-27-20-10-15(2)16(11-22)21-23-17-7-3-4-8-18(17)25(20)21/h3-4,7-8,10,14H,5-6,9,12-13H2,1-2H3. The molecule has 1 fully saturated rings. The van der Waals surface area contributed by atoms with Crippen LogP contribution in [-0.2, 0) is 4.79 Å². The number of hydrogen-bond acceptors (Lipinski definition) is 4. The highest BCUT2D eigenvalue weighted by Gasteiger charge is 2.22. The van der Waals surface area contributed by atoms with Gasteiger partial charge in [0.15, 0.2) is 5.65 Å². The molecule has 0 aliphatic carbocycles. The first kappa shape index (κ1) is 17.9. The lowest BCUT2D eigenvalue weighted by atomic mass is 10.0. The molecule has 1 saturated heterocycles. The molecule has 1 unspecified atom stereocenters. The average Bonchev–Trinajstić information content (AvgIpc) is 3.05. The second-order valence-corrected chi connectivity index (χ2v) is 8.28. The summed E-state index contributed by atoms with van der Waals surface area (Å²) in [6.07, 6.45) is 2.29. The summed E-state index contributed by atoms with van der Waals surface area (Å²) in [5.74, 6) is 1.17. The molecule has 3 heterocycles. The van der Waals surface area contributed by atoms with E-state index in [9.17, 15) is 10.1 Å². The van der Waals surface area contributed by atoms with Crippen LogP contribution in [0, 0.1) is 24.2 Å². The Kier molecular flexibility index (Phi) is 4.79. The van der Waals surface area contributed by atoms with Crippen molar-refractivity contribution in [2.24, 2.45) is 5.92 Å². The molecule has 1 amide bonds. The Labute approximate surface area is 163 Å². The highest BCUT2D eigenvalue weighted by molar-refractivity contribution is 7.99. The predicted molar refractivity (Wildman–Crippen MR) is 108 cm³/mol. The number of carbonyl (C=O) groups is 1. The summed E-state index contributed by atoms with van der Waals surface area (Å²) in [4.78, 5) is 19.3. The van der Waals surface area contributed by atoms with Gasteiger partial charge in [-0.3, -0.25) is 9.20 Å². The summed E-state index contributed by atoms with van der Waals surface area (Å²) in [7, 11) is 0. The summed E-state index contributed by atoms with van der Waals surface area (Å²) in [6, 6.07) is 12.1. The van der Waals surface area contributed by atoms with Crippen LogP contribution in [-0.4, -0.2) is 39.0 Å². The SMILES string of the molecule is Cc1cc(SCC(=O)N2CCCC(C)C2)n2c(nc3ccccc32)c1C#N. The summed E-state index contributed by atoms with van der Waals surface area (Å²) in [5.41, 5.74) is 3.97. The molecule has 27 heavy (non-hydrogen) atoms. The number of fused-ring (bicyclic) bond motifs is 3. The van der Waals surface area contributed by atoms with Crippen molar-refractivity contribution in [1.82, 2.24) is 14.3 Å². The molecule has 6 heteroatoms. The molecule has 0 bridgehead atoms. The first-order valence-electron chi connectivity index (χ1n) is 9.30. The Hall–Kier alpha value is -2.52. The van der Waals surface area contributed by atoms with Gasteiger partial charge >= 0.3 is 0 Å². The van der Waals surface area contributed by atoms with Crippen LogP contribution < -0.4 is 0 Å². The van der Waals surface area contributed by atoms with E-state index in [2.05, 4.69) is 18.0 Å². The number of aromatic nitrogens is 2. The van der Waals surface area contributed by atoms with Crippen molar-refractivity contribution in [2.45, 2.75) is 31.7 Å². The molecular formula is C21H22N4OS. The molecule has 1 aliphatic heterocycles. The van der Waals surface area contributed by atoms with E-state index >= 15 is 0 Å². The van der Waals surface area contributed by atoms with E-state index in [1.165, 1.54) is 18.2 Å². The van der Waals surface area contributed by atoms with Gasteiger partial charge in [-0.05, 0) is 49.4 Å². The number of hydrogen-bond donors (Lipinski definition) is 0. The van der Waals surface area contributed by atoms with Gasteiger partial charge in [0.25, 0.3) is 0 Å². The van der Waals surface area contributed by atoms with Crippen LogP contribution in [0.5, 0.6) is 0 Å². The summed E-state index contributed by atoms with van der Waals surface area (Å²) in [5, 5.41) is 10.5. The van der Waals surface area contributed by atoms with E-state index in [1.54, 1.807) is 0 Å². The summed E-state index contributed by atoms with van der Waals surface area (Å²) in [6.45, 7) is 5.85. The maximum atomic E-state index is 12.7. The highest BCUT2D eigenvalue weighted by atomic mass is 32.2. The van der Waals surface area contributed by atoms with E-state index in [-0.39, 0.29) is 5.91 Å². The largest absolute Gasteiger partial charge is 0.342 e. The molecule has 4 rings (SSSR count). The molecule has 138 valence electrons. The number of amides is 1. The van der Waals surface area contributed by atoms with Crippen molar-refractivity contribution in [3.05, 3.63) is 41.5 Å². The second-order valence-electron chi connectivity index (χ2n) is 7.29. The van der Waals surface area contributed by atoms with E-state index in [1.807, 2.05) is 46.6 Å². The van der Waals surface area contributed by atoms with Crippen LogP contribution >= 0.6 is 11.8 Å². The molecule has 0 saturated carbocycles. The second kappa shape index (κ2) is 7.24. The Morgan fingerprint density at radius 1 is 1.41 bits per heavy atom. The third-order valence-corrected chi connectivity index (χ3v) is 6.19. The van der Waals surface area contributed by atoms with Crippen molar-refractivity contribution in [3.63, 3.8) is 0 Å². The predicted octanol–water partition coefficient (Wildman–Crippen LogP) is 4.02. The molecule has 5 nitrogen and oxygen atoms in total. The van der Waals surface area contributed by atoms with Gasteiger partial charge in [0, 0.05) is 13.1 Å². The number of aryl methyl sites for hydroxylation is 1. The molecule has 1 aromatic carbocycles. The van der Waals surface area contributed by atoms with Crippen molar-refractivity contribution in [2.75, 3.05) is 18.8 Å². The number of imidazole rings is 1. The minimum atomic E-state index is 0.186. The zero-order valence-corrected chi connectivity index (χ0v) is 16.4. The lowest BCUT2D eigenvalue weighted by Crippen LogP contribution is -2.40. The van der Waals surface area contributed by atoms with Gasteiger partial charge in [0.05, 0.1) is 27.4 Å². The fourth-order valence-electron chi connectivity index (χ4n) is 3.80. The van der Waals surface area contributed by atoms with Gasteiger partial charge in [-0.2, -0.15) is 5.26 Å². The highest BCUT2D eigenvalue weighted by Crippen LogP contribution is 2.29. The normalized spacial score (nSPS) is 17.4.